The monoisotopic (exact) mass is 542 g/mol. The van der Waals surface area contributed by atoms with E-state index in [2.05, 4.69) is 47.4 Å². The van der Waals surface area contributed by atoms with Crippen LogP contribution < -0.4 is 0 Å². The number of hydrogen-bond acceptors (Lipinski definition) is 7. The lowest BCUT2D eigenvalue weighted by atomic mass is 9.83. The van der Waals surface area contributed by atoms with Gasteiger partial charge in [0.2, 0.25) is 0 Å². The fourth-order valence-corrected chi connectivity index (χ4v) is 6.31. The van der Waals surface area contributed by atoms with Gasteiger partial charge in [-0.3, -0.25) is 19.4 Å². The summed E-state index contributed by atoms with van der Waals surface area (Å²) in [4.78, 5) is 42.6. The van der Waals surface area contributed by atoms with E-state index < -0.39 is 29.4 Å². The first-order chi connectivity index (χ1) is 18.7. The van der Waals surface area contributed by atoms with E-state index >= 15 is 0 Å². The number of benzene rings is 1. The highest BCUT2D eigenvalue weighted by Crippen LogP contribution is 2.53. The smallest absolute Gasteiger partial charge is 0.331 e. The number of carbonyl (C=O) groups excluding carboxylic acids is 1. The van der Waals surface area contributed by atoms with Crippen LogP contribution in [0.1, 0.15) is 71.3 Å². The van der Waals surface area contributed by atoms with E-state index in [1.807, 2.05) is 11.4 Å². The van der Waals surface area contributed by atoms with Crippen molar-refractivity contribution in [2.24, 2.45) is 0 Å². The molecule has 0 spiro atoms. The molecule has 0 aliphatic carbocycles. The van der Waals surface area contributed by atoms with E-state index in [-0.39, 0.29) is 18.4 Å². The number of rotatable bonds is 7. The SMILES string of the molecule is C=Cc1cc(C(=O)N2[C@@H](c3nccs3)[C@@H](c3cnccn3)C[C@@]2(Cn2cccn2)C(=O)O)ccc1C(C)(C)C. The average Bonchev–Trinajstić information content (AvgIpc) is 3.69. The van der Waals surface area contributed by atoms with Gasteiger partial charge < -0.3 is 10.0 Å². The van der Waals surface area contributed by atoms with E-state index in [1.165, 1.54) is 16.2 Å². The first kappa shape index (κ1) is 26.4. The summed E-state index contributed by atoms with van der Waals surface area (Å²) in [6, 6.07) is 6.55. The van der Waals surface area contributed by atoms with Crippen LogP contribution in [0.2, 0.25) is 0 Å². The number of thiazole rings is 1. The van der Waals surface area contributed by atoms with Gasteiger partial charge in [-0.05, 0) is 41.2 Å². The Bertz CT molecular complexity index is 1480. The fourth-order valence-electron chi connectivity index (χ4n) is 5.52. The predicted molar refractivity (Wildman–Crippen MR) is 148 cm³/mol. The number of nitrogens with zero attached hydrogens (tertiary/aromatic N) is 6. The Morgan fingerprint density at radius 1 is 1.21 bits per heavy atom. The molecule has 1 aliphatic rings. The van der Waals surface area contributed by atoms with Gasteiger partial charge in [-0.2, -0.15) is 5.10 Å². The van der Waals surface area contributed by atoms with Crippen LogP contribution in [0.15, 0.2) is 73.4 Å². The van der Waals surface area contributed by atoms with Gasteiger partial charge >= 0.3 is 5.97 Å². The Morgan fingerprint density at radius 2 is 2.03 bits per heavy atom. The fraction of sp³-hybridized carbons (Fsp3) is 0.310. The number of likely N-dealkylation sites (tertiary alicyclic amines) is 1. The molecular weight excluding hydrogens is 512 g/mol. The van der Waals surface area contributed by atoms with Crippen molar-refractivity contribution in [1.29, 1.82) is 0 Å². The molecule has 1 aliphatic heterocycles. The van der Waals surface area contributed by atoms with Crippen molar-refractivity contribution in [2.45, 2.75) is 56.7 Å². The van der Waals surface area contributed by atoms with Gasteiger partial charge in [-0.15, -0.1) is 11.3 Å². The summed E-state index contributed by atoms with van der Waals surface area (Å²) in [5.41, 5.74) is 1.07. The lowest BCUT2D eigenvalue weighted by molar-refractivity contribution is -0.150. The van der Waals surface area contributed by atoms with Crippen LogP contribution in [-0.2, 0) is 16.8 Å². The van der Waals surface area contributed by atoms with Crippen molar-refractivity contribution in [3.63, 3.8) is 0 Å². The zero-order valence-electron chi connectivity index (χ0n) is 22.1. The number of hydrogen-bond donors (Lipinski definition) is 1. The Kier molecular flexibility index (Phi) is 6.90. The third-order valence-corrected chi connectivity index (χ3v) is 8.12. The van der Waals surface area contributed by atoms with E-state index in [9.17, 15) is 14.7 Å². The number of carboxylic acid groups (broad SMARTS) is 1. The zero-order valence-corrected chi connectivity index (χ0v) is 22.9. The highest BCUT2D eigenvalue weighted by Gasteiger charge is 2.60. The number of carbonyl (C=O) groups is 2. The summed E-state index contributed by atoms with van der Waals surface area (Å²) in [6.07, 6.45) is 11.6. The van der Waals surface area contributed by atoms with Crippen LogP contribution in [0.4, 0.5) is 0 Å². The molecule has 10 heteroatoms. The second-order valence-corrected chi connectivity index (χ2v) is 11.7. The summed E-state index contributed by atoms with van der Waals surface area (Å²) in [5.74, 6) is -1.97. The summed E-state index contributed by atoms with van der Waals surface area (Å²) in [5, 5.41) is 17.6. The molecule has 3 aromatic heterocycles. The lowest BCUT2D eigenvalue weighted by Crippen LogP contribution is -2.56. The molecule has 4 aromatic rings. The van der Waals surface area contributed by atoms with Crippen LogP contribution in [0.3, 0.4) is 0 Å². The normalized spacial score (nSPS) is 21.2. The maximum Gasteiger partial charge on any atom is 0.331 e. The second kappa shape index (κ2) is 10.2. The van der Waals surface area contributed by atoms with Gasteiger partial charge in [-0.25, -0.2) is 9.78 Å². The summed E-state index contributed by atoms with van der Waals surface area (Å²) in [7, 11) is 0. The molecule has 0 saturated carbocycles. The second-order valence-electron chi connectivity index (χ2n) is 10.7. The van der Waals surface area contributed by atoms with Crippen LogP contribution in [-0.4, -0.2) is 52.2 Å². The Morgan fingerprint density at radius 3 is 2.62 bits per heavy atom. The van der Waals surface area contributed by atoms with E-state index in [0.29, 0.717) is 16.3 Å². The predicted octanol–water partition coefficient (Wildman–Crippen LogP) is 4.96. The minimum absolute atomic E-state index is 0.0336. The molecule has 9 nitrogen and oxygen atoms in total. The average molecular weight is 543 g/mol. The van der Waals surface area contributed by atoms with Crippen molar-refractivity contribution in [1.82, 2.24) is 29.6 Å². The molecule has 0 bridgehead atoms. The first-order valence-electron chi connectivity index (χ1n) is 12.6. The van der Waals surface area contributed by atoms with Gasteiger partial charge in [0, 0.05) is 54.0 Å². The highest BCUT2D eigenvalue weighted by molar-refractivity contribution is 7.09. The Labute approximate surface area is 230 Å². The van der Waals surface area contributed by atoms with Crippen molar-refractivity contribution in [3.8, 4) is 0 Å². The first-order valence-corrected chi connectivity index (χ1v) is 13.5. The topological polar surface area (TPSA) is 114 Å². The molecule has 3 atom stereocenters. The Balaban J connectivity index is 1.72. The highest BCUT2D eigenvalue weighted by atomic mass is 32.1. The van der Waals surface area contributed by atoms with Crippen LogP contribution in [0.5, 0.6) is 0 Å². The molecule has 0 unspecified atom stereocenters. The minimum atomic E-state index is -1.63. The summed E-state index contributed by atoms with van der Waals surface area (Å²) in [6.45, 7) is 10.2. The van der Waals surface area contributed by atoms with Crippen LogP contribution in [0, 0.1) is 0 Å². The lowest BCUT2D eigenvalue weighted by Gasteiger charge is -2.37. The maximum absolute atomic E-state index is 14.5. The molecule has 1 amide bonds. The van der Waals surface area contributed by atoms with Crippen LogP contribution >= 0.6 is 11.3 Å². The molecule has 5 rings (SSSR count). The number of aromatic nitrogens is 5. The Hall–Kier alpha value is -4.18. The van der Waals surface area contributed by atoms with Gasteiger partial charge in [0.15, 0.2) is 5.54 Å². The summed E-state index contributed by atoms with van der Waals surface area (Å²) < 4.78 is 1.56. The molecule has 0 radical (unpaired) electrons. The van der Waals surface area contributed by atoms with Gasteiger partial charge in [0.1, 0.15) is 5.01 Å². The van der Waals surface area contributed by atoms with Crippen molar-refractivity contribution < 1.29 is 14.7 Å². The summed E-state index contributed by atoms with van der Waals surface area (Å²) >= 11 is 1.38. The van der Waals surface area contributed by atoms with Crippen molar-refractivity contribution >= 4 is 29.3 Å². The number of carboxylic acids is 1. The van der Waals surface area contributed by atoms with E-state index in [1.54, 1.807) is 66.1 Å². The van der Waals surface area contributed by atoms with E-state index in [0.717, 1.165) is 11.1 Å². The molecular formula is C29H30N6O3S. The molecule has 39 heavy (non-hydrogen) atoms. The molecule has 1 saturated heterocycles. The molecule has 1 fully saturated rings. The quantitative estimate of drug-likeness (QED) is 0.351. The molecule has 4 heterocycles. The molecule has 200 valence electrons. The third kappa shape index (κ3) is 4.76. The van der Waals surface area contributed by atoms with Gasteiger partial charge in [-0.1, -0.05) is 39.5 Å². The number of aliphatic carboxylic acids is 1. The molecule has 1 aromatic carbocycles. The zero-order chi connectivity index (χ0) is 27.8. The van der Waals surface area contributed by atoms with E-state index in [4.69, 9.17) is 0 Å². The van der Waals surface area contributed by atoms with Crippen LogP contribution in [0.25, 0.3) is 6.08 Å². The maximum atomic E-state index is 14.5. The standard InChI is InChI=1S/C29H30N6O3S/c1-5-19-15-20(7-8-22(19)28(2,3)4)26(36)35-24(25-32-12-14-39-25)21(23-17-30-10-11-31-23)16-29(35,27(37)38)18-34-13-6-9-33-34/h5-15,17,21,24H,1,16,18H2,2-4H3,(H,37,38)/t21-,24-,29-/m1/s1. The van der Waals surface area contributed by atoms with Gasteiger partial charge in [0.05, 0.1) is 18.3 Å². The minimum Gasteiger partial charge on any atom is -0.479 e. The largest absolute Gasteiger partial charge is 0.479 e. The number of amides is 1. The van der Waals surface area contributed by atoms with Gasteiger partial charge in [0.25, 0.3) is 5.91 Å². The third-order valence-electron chi connectivity index (χ3n) is 7.27. The molecule has 1 N–H and O–H groups in total. The van der Waals surface area contributed by atoms with Crippen molar-refractivity contribution in [2.75, 3.05) is 0 Å². The van der Waals surface area contributed by atoms with Crippen molar-refractivity contribution in [3.05, 3.63) is 101 Å².